The molecule has 20 heavy (non-hydrogen) atoms. The van der Waals surface area contributed by atoms with Crippen molar-refractivity contribution in [1.82, 2.24) is 0 Å². The van der Waals surface area contributed by atoms with Gasteiger partial charge >= 0.3 is 0 Å². The Kier molecular flexibility index (Phi) is 2.42. The van der Waals surface area contributed by atoms with Gasteiger partial charge in [0.1, 0.15) is 11.6 Å². The van der Waals surface area contributed by atoms with E-state index in [4.69, 9.17) is 13.9 Å². The summed E-state index contributed by atoms with van der Waals surface area (Å²) in [6.45, 7) is 0.206. The molecular weight excluding hydrogens is 259 g/mol. The van der Waals surface area contributed by atoms with Crippen molar-refractivity contribution < 1.29 is 18.3 Å². The van der Waals surface area contributed by atoms with Gasteiger partial charge in [0.2, 0.25) is 12.5 Å². The number of halogens is 1. The maximum absolute atomic E-state index is 13.7. The van der Waals surface area contributed by atoms with Gasteiger partial charge in [-0.1, -0.05) is 18.2 Å². The fraction of sp³-hybridized carbons (Fsp3) is 0.125. The summed E-state index contributed by atoms with van der Waals surface area (Å²) in [7, 11) is 0. The highest BCUT2D eigenvalue weighted by molar-refractivity contribution is 5.86. The van der Waals surface area contributed by atoms with Crippen LogP contribution in [0.4, 0.5) is 4.39 Å². The average Bonchev–Trinajstić information content (AvgIpc) is 3.06. The number of hydrogen-bond acceptors (Lipinski definition) is 3. The molecule has 0 radical (unpaired) electrons. The monoisotopic (exact) mass is 270 g/mol. The quantitative estimate of drug-likeness (QED) is 0.708. The van der Waals surface area contributed by atoms with Gasteiger partial charge in [-0.25, -0.2) is 4.39 Å². The van der Waals surface area contributed by atoms with Gasteiger partial charge in [-0.05, 0) is 29.8 Å². The van der Waals surface area contributed by atoms with Crippen LogP contribution in [0, 0.1) is 5.82 Å². The van der Waals surface area contributed by atoms with Crippen molar-refractivity contribution >= 4 is 11.0 Å². The highest BCUT2D eigenvalue weighted by atomic mass is 19.1. The van der Waals surface area contributed by atoms with Crippen molar-refractivity contribution in [2.24, 2.45) is 0 Å². The predicted octanol–water partition coefficient (Wildman–Crippen LogP) is 3.89. The molecule has 0 amide bonds. The molecule has 4 heteroatoms. The van der Waals surface area contributed by atoms with Gasteiger partial charge < -0.3 is 13.9 Å². The lowest BCUT2D eigenvalue weighted by Crippen LogP contribution is -1.93. The van der Waals surface area contributed by atoms with E-state index in [-0.39, 0.29) is 12.6 Å². The first-order chi connectivity index (χ1) is 9.81. The molecule has 0 aliphatic carbocycles. The molecule has 0 bridgehead atoms. The van der Waals surface area contributed by atoms with Crippen LogP contribution in [0.5, 0.6) is 11.5 Å². The number of fused-ring (bicyclic) bond motifs is 3. The molecule has 3 nitrogen and oxygen atoms in total. The third-order valence-electron chi connectivity index (χ3n) is 3.40. The Hall–Kier alpha value is -2.49. The van der Waals surface area contributed by atoms with Gasteiger partial charge in [0.05, 0.1) is 0 Å². The second-order valence-corrected chi connectivity index (χ2v) is 4.70. The summed E-state index contributed by atoms with van der Waals surface area (Å²) in [4.78, 5) is 0. The summed E-state index contributed by atoms with van der Waals surface area (Å²) in [5, 5.41) is 0.931. The molecule has 0 N–H and O–H groups in total. The lowest BCUT2D eigenvalue weighted by atomic mass is 10.1. The van der Waals surface area contributed by atoms with Crippen LogP contribution in [0.2, 0.25) is 0 Å². The van der Waals surface area contributed by atoms with E-state index in [1.165, 1.54) is 6.07 Å². The van der Waals surface area contributed by atoms with Crippen LogP contribution in [-0.2, 0) is 6.42 Å². The molecule has 0 saturated heterocycles. The van der Waals surface area contributed by atoms with Gasteiger partial charge in [-0.3, -0.25) is 0 Å². The number of furan rings is 1. The molecule has 0 unspecified atom stereocenters. The normalized spacial score (nSPS) is 13.1. The summed E-state index contributed by atoms with van der Waals surface area (Å²) in [6, 6.07) is 12.4. The molecule has 0 spiro atoms. The molecule has 2 heterocycles. The zero-order valence-electron chi connectivity index (χ0n) is 10.6. The fourth-order valence-corrected chi connectivity index (χ4v) is 2.43. The first-order valence-electron chi connectivity index (χ1n) is 6.36. The van der Waals surface area contributed by atoms with E-state index < -0.39 is 0 Å². The van der Waals surface area contributed by atoms with Crippen molar-refractivity contribution in [3.8, 4) is 11.5 Å². The third-order valence-corrected chi connectivity index (χ3v) is 3.40. The molecule has 100 valence electrons. The molecule has 4 rings (SSSR count). The van der Waals surface area contributed by atoms with Crippen LogP contribution in [0.25, 0.3) is 11.0 Å². The Morgan fingerprint density at radius 3 is 2.85 bits per heavy atom. The molecule has 1 aliphatic heterocycles. The molecule has 1 aromatic heterocycles. The maximum atomic E-state index is 13.7. The molecule has 1 aliphatic rings. The number of benzene rings is 2. The fourth-order valence-electron chi connectivity index (χ4n) is 2.43. The number of rotatable bonds is 2. The van der Waals surface area contributed by atoms with Crippen LogP contribution < -0.4 is 9.47 Å². The topological polar surface area (TPSA) is 31.6 Å². The van der Waals surface area contributed by atoms with Crippen LogP contribution in [-0.4, -0.2) is 6.79 Å². The second kappa shape index (κ2) is 4.27. The first-order valence-corrected chi connectivity index (χ1v) is 6.36. The number of ether oxygens (including phenoxy) is 2. The molecule has 3 aromatic rings. The predicted molar refractivity (Wildman–Crippen MR) is 71.5 cm³/mol. The van der Waals surface area contributed by atoms with Gasteiger partial charge in [0.25, 0.3) is 0 Å². The minimum absolute atomic E-state index is 0.206. The Bertz CT molecular complexity index is 792. The maximum Gasteiger partial charge on any atom is 0.231 e. The summed E-state index contributed by atoms with van der Waals surface area (Å²) in [5.74, 6) is 1.79. The van der Waals surface area contributed by atoms with E-state index in [2.05, 4.69) is 0 Å². The Labute approximate surface area is 114 Å². The lowest BCUT2D eigenvalue weighted by molar-refractivity contribution is 0.174. The lowest BCUT2D eigenvalue weighted by Gasteiger charge is -1.99. The Balaban J connectivity index is 1.77. The van der Waals surface area contributed by atoms with E-state index in [1.54, 1.807) is 12.1 Å². The van der Waals surface area contributed by atoms with Crippen LogP contribution in [0.15, 0.2) is 46.9 Å². The highest BCUT2D eigenvalue weighted by Gasteiger charge is 2.20. The van der Waals surface area contributed by atoms with Gasteiger partial charge in [-0.2, -0.15) is 0 Å². The largest absolute Gasteiger partial charge is 0.457 e. The average molecular weight is 270 g/mol. The van der Waals surface area contributed by atoms with Crippen molar-refractivity contribution in [3.63, 3.8) is 0 Å². The standard InChI is InChI=1S/C16H11FO3/c17-13-4-2-1-3-10(13)7-12-8-11-5-6-14-16(15(11)20-12)19-9-18-14/h1-6,8H,7,9H2. The summed E-state index contributed by atoms with van der Waals surface area (Å²) >= 11 is 0. The Morgan fingerprint density at radius 1 is 1.05 bits per heavy atom. The van der Waals surface area contributed by atoms with Crippen molar-refractivity contribution in [1.29, 1.82) is 0 Å². The van der Waals surface area contributed by atoms with Crippen molar-refractivity contribution in [2.45, 2.75) is 6.42 Å². The molecule has 2 aromatic carbocycles. The Morgan fingerprint density at radius 2 is 1.95 bits per heavy atom. The smallest absolute Gasteiger partial charge is 0.231 e. The van der Waals surface area contributed by atoms with Crippen molar-refractivity contribution in [3.05, 3.63) is 59.6 Å². The molecular formula is C16H11FO3. The number of hydrogen-bond donors (Lipinski definition) is 0. The van der Waals surface area contributed by atoms with E-state index in [1.807, 2.05) is 24.3 Å². The molecule has 0 saturated carbocycles. The van der Waals surface area contributed by atoms with Gasteiger partial charge in [0.15, 0.2) is 11.3 Å². The van der Waals surface area contributed by atoms with E-state index in [0.29, 0.717) is 34.8 Å². The van der Waals surface area contributed by atoms with E-state index in [0.717, 1.165) is 5.39 Å². The highest BCUT2D eigenvalue weighted by Crippen LogP contribution is 2.40. The van der Waals surface area contributed by atoms with Crippen LogP contribution in [0.3, 0.4) is 0 Å². The third kappa shape index (κ3) is 1.72. The minimum Gasteiger partial charge on any atom is -0.457 e. The van der Waals surface area contributed by atoms with Gasteiger partial charge in [-0.15, -0.1) is 0 Å². The second-order valence-electron chi connectivity index (χ2n) is 4.70. The molecule has 0 atom stereocenters. The summed E-state index contributed by atoms with van der Waals surface area (Å²) < 4.78 is 30.2. The SMILES string of the molecule is Fc1ccccc1Cc1cc2ccc3c(c2o1)OCO3. The summed E-state index contributed by atoms with van der Waals surface area (Å²) in [6.07, 6.45) is 0.414. The summed E-state index contributed by atoms with van der Waals surface area (Å²) in [5.41, 5.74) is 1.27. The minimum atomic E-state index is -0.224. The van der Waals surface area contributed by atoms with Crippen LogP contribution >= 0.6 is 0 Å². The van der Waals surface area contributed by atoms with Gasteiger partial charge in [0, 0.05) is 11.8 Å². The zero-order valence-corrected chi connectivity index (χ0v) is 10.6. The van der Waals surface area contributed by atoms with Crippen LogP contribution in [0.1, 0.15) is 11.3 Å². The first kappa shape index (κ1) is 11.3. The van der Waals surface area contributed by atoms with E-state index >= 15 is 0 Å². The molecule has 0 fully saturated rings. The zero-order chi connectivity index (χ0) is 13.5. The van der Waals surface area contributed by atoms with E-state index in [9.17, 15) is 4.39 Å². The van der Waals surface area contributed by atoms with Crippen molar-refractivity contribution in [2.75, 3.05) is 6.79 Å².